The van der Waals surface area contributed by atoms with Gasteiger partial charge in [0.1, 0.15) is 0 Å². The first-order chi connectivity index (χ1) is 7.72. The Morgan fingerprint density at radius 1 is 1.50 bits per heavy atom. The van der Waals surface area contributed by atoms with Gasteiger partial charge in [-0.1, -0.05) is 13.0 Å². The lowest BCUT2D eigenvalue weighted by Crippen LogP contribution is -2.10. The van der Waals surface area contributed by atoms with Crippen molar-refractivity contribution in [2.75, 3.05) is 6.61 Å². The van der Waals surface area contributed by atoms with Crippen LogP contribution >= 0.6 is 0 Å². The molecule has 1 atom stereocenters. The molecule has 0 saturated heterocycles. The van der Waals surface area contributed by atoms with Crippen LogP contribution in [0.1, 0.15) is 54.1 Å². The van der Waals surface area contributed by atoms with Gasteiger partial charge < -0.3 is 4.74 Å². The van der Waals surface area contributed by atoms with Gasteiger partial charge in [-0.3, -0.25) is 0 Å². The predicted molar refractivity (Wildman–Crippen MR) is 63.8 cm³/mol. The first kappa shape index (κ1) is 11.2. The summed E-state index contributed by atoms with van der Waals surface area (Å²) < 4.78 is 5.01. The fourth-order valence-corrected chi connectivity index (χ4v) is 2.40. The van der Waals surface area contributed by atoms with E-state index in [9.17, 15) is 4.79 Å². The molecule has 1 aromatic carbocycles. The predicted octanol–water partition coefficient (Wildman–Crippen LogP) is 3.30. The average molecular weight is 218 g/mol. The zero-order chi connectivity index (χ0) is 11.5. The van der Waals surface area contributed by atoms with E-state index in [1.807, 2.05) is 19.1 Å². The van der Waals surface area contributed by atoms with Crippen molar-refractivity contribution in [3.63, 3.8) is 0 Å². The highest BCUT2D eigenvalue weighted by Crippen LogP contribution is 2.31. The minimum absolute atomic E-state index is 0.205. The molecule has 2 heteroatoms. The van der Waals surface area contributed by atoms with E-state index in [1.165, 1.54) is 24.0 Å². The van der Waals surface area contributed by atoms with Crippen LogP contribution in [0.5, 0.6) is 0 Å². The minimum Gasteiger partial charge on any atom is -0.462 e. The summed E-state index contributed by atoms with van der Waals surface area (Å²) in [4.78, 5) is 11.6. The van der Waals surface area contributed by atoms with E-state index in [4.69, 9.17) is 4.74 Å². The number of hydrogen-bond acceptors (Lipinski definition) is 2. The Morgan fingerprint density at radius 3 is 3.06 bits per heavy atom. The van der Waals surface area contributed by atoms with Gasteiger partial charge in [-0.05, 0) is 55.4 Å². The molecule has 0 heterocycles. The Hall–Kier alpha value is -1.31. The summed E-state index contributed by atoms with van der Waals surface area (Å²) in [5.74, 6) is 0.420. The fraction of sp³-hybridized carbons (Fsp3) is 0.500. The lowest BCUT2D eigenvalue weighted by atomic mass is 9.83. The maximum Gasteiger partial charge on any atom is 0.338 e. The van der Waals surface area contributed by atoms with Crippen molar-refractivity contribution < 1.29 is 9.53 Å². The normalized spacial score (nSPS) is 19.0. The third-order valence-electron chi connectivity index (χ3n) is 3.27. The van der Waals surface area contributed by atoms with Crippen LogP contribution in [-0.2, 0) is 11.2 Å². The number of esters is 1. The minimum atomic E-state index is -0.205. The first-order valence-electron chi connectivity index (χ1n) is 6.02. The van der Waals surface area contributed by atoms with E-state index < -0.39 is 0 Å². The van der Waals surface area contributed by atoms with Crippen LogP contribution in [0.3, 0.4) is 0 Å². The van der Waals surface area contributed by atoms with Crippen LogP contribution in [0, 0.1) is 0 Å². The molecule has 0 saturated carbocycles. The fourth-order valence-electron chi connectivity index (χ4n) is 2.40. The first-order valence-corrected chi connectivity index (χ1v) is 6.02. The highest BCUT2D eigenvalue weighted by atomic mass is 16.5. The average Bonchev–Trinajstić information content (AvgIpc) is 2.29. The largest absolute Gasteiger partial charge is 0.462 e. The number of ether oxygens (including phenoxy) is 1. The molecular weight excluding hydrogens is 200 g/mol. The third kappa shape index (κ3) is 2.11. The van der Waals surface area contributed by atoms with Gasteiger partial charge in [0, 0.05) is 0 Å². The number of benzene rings is 1. The molecule has 16 heavy (non-hydrogen) atoms. The van der Waals surface area contributed by atoms with E-state index in [0.29, 0.717) is 18.1 Å². The molecule has 0 spiro atoms. The molecule has 2 rings (SSSR count). The Labute approximate surface area is 96.6 Å². The zero-order valence-electron chi connectivity index (χ0n) is 9.95. The van der Waals surface area contributed by atoms with E-state index >= 15 is 0 Å². The second-order valence-electron chi connectivity index (χ2n) is 4.43. The summed E-state index contributed by atoms with van der Waals surface area (Å²) in [7, 11) is 0. The van der Waals surface area contributed by atoms with Crippen LogP contribution < -0.4 is 0 Å². The van der Waals surface area contributed by atoms with Crippen molar-refractivity contribution in [3.05, 3.63) is 34.9 Å². The van der Waals surface area contributed by atoms with Crippen molar-refractivity contribution in [1.82, 2.24) is 0 Å². The zero-order valence-corrected chi connectivity index (χ0v) is 9.95. The van der Waals surface area contributed by atoms with Crippen LogP contribution in [0.2, 0.25) is 0 Å². The van der Waals surface area contributed by atoms with Crippen molar-refractivity contribution in [1.29, 1.82) is 0 Å². The summed E-state index contributed by atoms with van der Waals surface area (Å²) in [6.07, 6.45) is 3.57. The van der Waals surface area contributed by atoms with Gasteiger partial charge in [-0.2, -0.15) is 0 Å². The summed E-state index contributed by atoms with van der Waals surface area (Å²) in [6, 6.07) is 5.98. The molecule has 0 bridgehead atoms. The molecule has 0 amide bonds. The maximum atomic E-state index is 11.6. The second-order valence-corrected chi connectivity index (χ2v) is 4.43. The van der Waals surface area contributed by atoms with Crippen LogP contribution in [0.15, 0.2) is 18.2 Å². The Bertz CT molecular complexity index is 396. The van der Waals surface area contributed by atoms with Gasteiger partial charge in [0.15, 0.2) is 0 Å². The summed E-state index contributed by atoms with van der Waals surface area (Å²) in [6.45, 7) is 4.52. The number of carbonyl (C=O) groups excluding carboxylic acids is 1. The number of aryl methyl sites for hydroxylation is 1. The number of rotatable bonds is 2. The molecule has 1 aromatic rings. The highest BCUT2D eigenvalue weighted by molar-refractivity contribution is 5.89. The van der Waals surface area contributed by atoms with Gasteiger partial charge in [0.2, 0.25) is 0 Å². The smallest absolute Gasteiger partial charge is 0.338 e. The standard InChI is InChI=1S/C14H18O2/c1-3-16-14(15)12-7-8-13-10(2)5-4-6-11(13)9-12/h7-10H,3-6H2,1-2H3/t10-/m0/s1. The number of carbonyl (C=O) groups is 1. The Morgan fingerprint density at radius 2 is 2.31 bits per heavy atom. The molecule has 1 aliphatic rings. The second kappa shape index (κ2) is 4.69. The molecule has 0 fully saturated rings. The molecule has 0 aromatic heterocycles. The van der Waals surface area contributed by atoms with Gasteiger partial charge in [-0.15, -0.1) is 0 Å². The summed E-state index contributed by atoms with van der Waals surface area (Å²) in [5, 5.41) is 0. The van der Waals surface area contributed by atoms with Gasteiger partial charge >= 0.3 is 5.97 Å². The van der Waals surface area contributed by atoms with Crippen LogP contribution in [0.25, 0.3) is 0 Å². The molecular formula is C14H18O2. The molecule has 0 N–H and O–H groups in total. The third-order valence-corrected chi connectivity index (χ3v) is 3.27. The van der Waals surface area contributed by atoms with Gasteiger partial charge in [0.25, 0.3) is 0 Å². The molecule has 0 radical (unpaired) electrons. The molecule has 0 unspecified atom stereocenters. The number of hydrogen-bond donors (Lipinski definition) is 0. The Kier molecular flexibility index (Phi) is 3.28. The lowest BCUT2D eigenvalue weighted by molar-refractivity contribution is 0.0526. The van der Waals surface area contributed by atoms with Crippen molar-refractivity contribution in [2.24, 2.45) is 0 Å². The van der Waals surface area contributed by atoms with E-state index in [-0.39, 0.29) is 5.97 Å². The van der Waals surface area contributed by atoms with Gasteiger partial charge in [-0.25, -0.2) is 4.79 Å². The highest BCUT2D eigenvalue weighted by Gasteiger charge is 2.18. The quantitative estimate of drug-likeness (QED) is 0.712. The summed E-state index contributed by atoms with van der Waals surface area (Å²) >= 11 is 0. The monoisotopic (exact) mass is 218 g/mol. The van der Waals surface area contributed by atoms with Crippen molar-refractivity contribution >= 4 is 5.97 Å². The van der Waals surface area contributed by atoms with Crippen LogP contribution in [-0.4, -0.2) is 12.6 Å². The van der Waals surface area contributed by atoms with E-state index in [2.05, 4.69) is 13.0 Å². The van der Waals surface area contributed by atoms with Crippen molar-refractivity contribution in [2.45, 2.75) is 39.0 Å². The lowest BCUT2D eigenvalue weighted by Gasteiger charge is -2.22. The molecule has 2 nitrogen and oxygen atoms in total. The Balaban J connectivity index is 2.28. The molecule has 86 valence electrons. The van der Waals surface area contributed by atoms with E-state index in [1.54, 1.807) is 0 Å². The molecule has 0 aliphatic heterocycles. The summed E-state index contributed by atoms with van der Waals surface area (Å²) in [5.41, 5.74) is 3.42. The number of fused-ring (bicyclic) bond motifs is 1. The van der Waals surface area contributed by atoms with Crippen molar-refractivity contribution in [3.8, 4) is 0 Å². The topological polar surface area (TPSA) is 26.3 Å². The van der Waals surface area contributed by atoms with Crippen LogP contribution in [0.4, 0.5) is 0 Å². The van der Waals surface area contributed by atoms with E-state index in [0.717, 1.165) is 6.42 Å². The SMILES string of the molecule is CCOC(=O)c1ccc2c(c1)CCC[C@@H]2C. The molecule has 1 aliphatic carbocycles. The van der Waals surface area contributed by atoms with Gasteiger partial charge in [0.05, 0.1) is 12.2 Å². The maximum absolute atomic E-state index is 11.6.